The molecule has 0 unspecified atom stereocenters. The van der Waals surface area contributed by atoms with Crippen LogP contribution in [-0.4, -0.2) is 0 Å². The predicted octanol–water partition coefficient (Wildman–Crippen LogP) is 11.3. The van der Waals surface area contributed by atoms with E-state index in [0.717, 1.165) is 19.0 Å². The highest BCUT2D eigenvalue weighted by atomic mass is 79.9. The normalized spacial score (nSPS) is 11.3. The van der Waals surface area contributed by atoms with Gasteiger partial charge in [0.05, 0.1) is 0 Å². The van der Waals surface area contributed by atoms with Crippen LogP contribution in [0.25, 0.3) is 54.9 Å². The Labute approximate surface area is 230 Å². The van der Waals surface area contributed by atoms with Crippen LogP contribution in [0.1, 0.15) is 0 Å². The van der Waals surface area contributed by atoms with E-state index in [4.69, 9.17) is 0 Å². The lowest BCUT2D eigenvalue weighted by Crippen LogP contribution is -1.95. The van der Waals surface area contributed by atoms with Gasteiger partial charge < -0.3 is 0 Å². The third kappa shape index (κ3) is 4.16. The third-order valence-corrected chi connectivity index (χ3v) is 8.12. The van der Waals surface area contributed by atoms with Gasteiger partial charge >= 0.3 is 0 Å². The van der Waals surface area contributed by atoms with Crippen molar-refractivity contribution in [2.24, 2.45) is 0 Å². The molecule has 0 atom stereocenters. The van der Waals surface area contributed by atoms with Gasteiger partial charge in [0.25, 0.3) is 0 Å². The van der Waals surface area contributed by atoms with E-state index in [-0.39, 0.29) is 0 Å². The molecule has 0 heterocycles. The Hall–Kier alpha value is -2.72. The summed E-state index contributed by atoms with van der Waals surface area (Å²) in [6, 6.07) is 41.2. The van der Waals surface area contributed by atoms with Crippen molar-refractivity contribution < 1.29 is 0 Å². The van der Waals surface area contributed by atoms with Crippen molar-refractivity contribution in [3.05, 3.63) is 129 Å². The van der Waals surface area contributed by atoms with Crippen molar-refractivity contribution in [2.45, 2.75) is 0 Å². The van der Waals surface area contributed by atoms with Gasteiger partial charge in [-0.2, -0.15) is 0 Å². The van der Waals surface area contributed by atoms with Crippen LogP contribution in [0.15, 0.2) is 129 Å². The quantitative estimate of drug-likeness (QED) is 0.168. The van der Waals surface area contributed by atoms with Gasteiger partial charge in [-0.1, -0.05) is 133 Å². The molecule has 0 saturated carbocycles. The second-order valence-corrected chi connectivity index (χ2v) is 11.2. The maximum Gasteiger partial charge on any atom is 0.0276 e. The van der Waals surface area contributed by atoms with Crippen molar-refractivity contribution >= 4 is 69.3 Å². The lowest BCUT2D eigenvalue weighted by molar-refractivity contribution is 1.52. The number of rotatable bonds is 3. The van der Waals surface area contributed by atoms with Gasteiger partial charge in [-0.15, -0.1) is 0 Å². The number of hydrogen-bond acceptors (Lipinski definition) is 0. The SMILES string of the molecule is Brc1cc(Br)c(-c2c(-c3ccccc3)c(-c3ccccc3)cc3cc4ccccc4cc23)c(Br)c1. The fraction of sp³-hybridized carbons (Fsp3) is 0. The van der Waals surface area contributed by atoms with Crippen LogP contribution in [0.5, 0.6) is 0 Å². The van der Waals surface area contributed by atoms with Crippen molar-refractivity contribution in [2.75, 3.05) is 0 Å². The first-order valence-electron chi connectivity index (χ1n) is 11.4. The highest BCUT2D eigenvalue weighted by Crippen LogP contribution is 2.49. The summed E-state index contributed by atoms with van der Waals surface area (Å²) in [4.78, 5) is 0. The van der Waals surface area contributed by atoms with Crippen LogP contribution in [-0.2, 0) is 0 Å². The molecule has 0 N–H and O–H groups in total. The molecule has 6 aromatic rings. The number of hydrogen-bond donors (Lipinski definition) is 0. The summed E-state index contributed by atoms with van der Waals surface area (Å²) in [5.41, 5.74) is 7.19. The largest absolute Gasteiger partial charge is 0.0622 e. The van der Waals surface area contributed by atoms with E-state index >= 15 is 0 Å². The molecule has 0 radical (unpaired) electrons. The molecule has 0 amide bonds. The Kier molecular flexibility index (Phi) is 6.09. The van der Waals surface area contributed by atoms with Gasteiger partial charge in [0.2, 0.25) is 0 Å². The van der Waals surface area contributed by atoms with Gasteiger partial charge in [-0.25, -0.2) is 0 Å². The Morgan fingerprint density at radius 3 is 1.57 bits per heavy atom. The van der Waals surface area contributed by atoms with Crippen LogP contribution in [0.2, 0.25) is 0 Å². The minimum Gasteiger partial charge on any atom is -0.0622 e. The maximum atomic E-state index is 3.90. The first-order chi connectivity index (χ1) is 17.1. The van der Waals surface area contributed by atoms with E-state index in [9.17, 15) is 0 Å². The van der Waals surface area contributed by atoms with Crippen LogP contribution < -0.4 is 0 Å². The average molecular weight is 643 g/mol. The zero-order valence-electron chi connectivity index (χ0n) is 18.6. The summed E-state index contributed by atoms with van der Waals surface area (Å²) in [5, 5.41) is 4.92. The molecule has 0 aliphatic carbocycles. The molecule has 0 bridgehead atoms. The first-order valence-corrected chi connectivity index (χ1v) is 13.7. The lowest BCUT2D eigenvalue weighted by Gasteiger charge is -2.22. The van der Waals surface area contributed by atoms with E-state index in [1.54, 1.807) is 0 Å². The van der Waals surface area contributed by atoms with E-state index in [0.29, 0.717) is 0 Å². The standard InChI is InChI=1S/C32H19Br3/c33-25-18-28(34)32(29(35)19-25)31-27-16-23-14-8-7-13-22(23)15-24(27)17-26(20-9-3-1-4-10-20)30(31)21-11-5-2-6-12-21/h1-19H. The van der Waals surface area contributed by atoms with Gasteiger partial charge in [0, 0.05) is 24.5 Å². The molecule has 0 nitrogen and oxygen atoms in total. The Morgan fingerprint density at radius 2 is 0.943 bits per heavy atom. The van der Waals surface area contributed by atoms with Crippen LogP contribution in [0.4, 0.5) is 0 Å². The first kappa shape index (κ1) is 22.7. The van der Waals surface area contributed by atoms with E-state index < -0.39 is 0 Å². The molecule has 6 rings (SSSR count). The summed E-state index contributed by atoms with van der Waals surface area (Å²) in [5.74, 6) is 0. The number of benzene rings is 6. The molecular formula is C32H19Br3. The van der Waals surface area contributed by atoms with E-state index in [2.05, 4.69) is 163 Å². The van der Waals surface area contributed by atoms with Crippen LogP contribution in [0, 0.1) is 0 Å². The van der Waals surface area contributed by atoms with Crippen molar-refractivity contribution in [3.8, 4) is 33.4 Å². The maximum absolute atomic E-state index is 3.90. The van der Waals surface area contributed by atoms with Crippen LogP contribution >= 0.6 is 47.8 Å². The van der Waals surface area contributed by atoms with Crippen molar-refractivity contribution in [1.29, 1.82) is 0 Å². The van der Waals surface area contributed by atoms with E-state index in [1.807, 2.05) is 0 Å². The fourth-order valence-electron chi connectivity index (χ4n) is 4.88. The minimum absolute atomic E-state index is 1.02. The monoisotopic (exact) mass is 640 g/mol. The zero-order chi connectivity index (χ0) is 23.9. The summed E-state index contributed by atoms with van der Waals surface area (Å²) < 4.78 is 3.10. The second kappa shape index (κ2) is 9.39. The molecule has 0 aliphatic heterocycles. The Morgan fingerprint density at radius 1 is 0.400 bits per heavy atom. The third-order valence-electron chi connectivity index (χ3n) is 6.41. The van der Waals surface area contributed by atoms with Gasteiger partial charge in [0.1, 0.15) is 0 Å². The molecule has 6 aromatic carbocycles. The summed E-state index contributed by atoms with van der Waals surface area (Å²) in [7, 11) is 0. The van der Waals surface area contributed by atoms with Crippen molar-refractivity contribution in [3.63, 3.8) is 0 Å². The molecule has 0 aliphatic rings. The highest BCUT2D eigenvalue weighted by Gasteiger charge is 2.22. The molecule has 0 aromatic heterocycles. The van der Waals surface area contributed by atoms with Crippen LogP contribution in [0.3, 0.4) is 0 Å². The number of fused-ring (bicyclic) bond motifs is 2. The average Bonchev–Trinajstić information content (AvgIpc) is 2.87. The van der Waals surface area contributed by atoms with Crippen molar-refractivity contribution in [1.82, 2.24) is 0 Å². The summed E-state index contributed by atoms with van der Waals surface area (Å²) in [6.45, 7) is 0. The molecule has 0 spiro atoms. The minimum atomic E-state index is 1.02. The fourth-order valence-corrected chi connectivity index (χ4v) is 7.54. The molecule has 3 heteroatoms. The Balaban J connectivity index is 1.87. The molecular weight excluding hydrogens is 624 g/mol. The van der Waals surface area contributed by atoms with E-state index in [1.165, 1.54) is 49.4 Å². The molecule has 0 fully saturated rings. The summed E-state index contributed by atoms with van der Waals surface area (Å²) in [6.07, 6.45) is 0. The second-order valence-electron chi connectivity index (χ2n) is 8.57. The molecule has 168 valence electrons. The Bertz CT molecular complexity index is 1680. The smallest absolute Gasteiger partial charge is 0.0276 e. The topological polar surface area (TPSA) is 0 Å². The zero-order valence-corrected chi connectivity index (χ0v) is 23.4. The highest BCUT2D eigenvalue weighted by molar-refractivity contribution is 9.11. The molecule has 0 saturated heterocycles. The molecule has 35 heavy (non-hydrogen) atoms. The van der Waals surface area contributed by atoms with Gasteiger partial charge in [0.15, 0.2) is 0 Å². The van der Waals surface area contributed by atoms with Gasteiger partial charge in [-0.3, -0.25) is 0 Å². The predicted molar refractivity (Wildman–Crippen MR) is 161 cm³/mol. The lowest BCUT2D eigenvalue weighted by atomic mass is 9.83. The number of halogens is 3. The van der Waals surface area contributed by atoms with Gasteiger partial charge in [-0.05, 0) is 74.1 Å². The summed E-state index contributed by atoms with van der Waals surface area (Å²) >= 11 is 11.5.